The van der Waals surface area contributed by atoms with Crippen molar-refractivity contribution in [2.24, 2.45) is 0 Å². The smallest absolute Gasteiger partial charge is 0.152 e. The normalized spacial score (nSPS) is 34.6. The average molecular weight is 154 g/mol. The van der Waals surface area contributed by atoms with Gasteiger partial charge in [-0.1, -0.05) is 0 Å². The summed E-state index contributed by atoms with van der Waals surface area (Å²) in [6.45, 7) is 5.58. The Morgan fingerprint density at radius 3 is 2.64 bits per heavy atom. The Kier molecular flexibility index (Phi) is 2.45. The molecule has 1 rings (SSSR count). The van der Waals surface area contributed by atoms with Gasteiger partial charge in [-0.3, -0.25) is 4.79 Å². The Labute approximate surface area is 67.2 Å². The lowest BCUT2D eigenvalue weighted by Crippen LogP contribution is -2.03. The average Bonchev–Trinajstić information content (AvgIpc) is 2.09. The van der Waals surface area contributed by atoms with Gasteiger partial charge in [0.2, 0.25) is 0 Å². The van der Waals surface area contributed by atoms with Crippen LogP contribution in [0.15, 0.2) is 11.6 Å². The van der Waals surface area contributed by atoms with Crippen LogP contribution >= 0.6 is 0 Å². The van der Waals surface area contributed by atoms with Crippen LogP contribution in [-0.2, 0) is 9.53 Å². The monoisotopic (exact) mass is 154 g/mol. The first kappa shape index (κ1) is 8.47. The highest BCUT2D eigenvalue weighted by Gasteiger charge is 2.23. The van der Waals surface area contributed by atoms with Gasteiger partial charge in [-0.05, 0) is 38.8 Å². The third-order valence-electron chi connectivity index (χ3n) is 1.87. The molecular weight excluding hydrogens is 140 g/mol. The second-order valence-corrected chi connectivity index (χ2v) is 3.12. The topological polar surface area (TPSA) is 26.3 Å². The van der Waals surface area contributed by atoms with Crippen LogP contribution in [0.1, 0.15) is 27.2 Å². The number of hydrogen-bond acceptors (Lipinski definition) is 2. The number of carbonyl (C=O) groups excluding carboxylic acids is 1. The lowest BCUT2D eigenvalue weighted by molar-refractivity contribution is -0.112. The molecule has 1 aliphatic heterocycles. The number of carbonyl (C=O) groups is 1. The van der Waals surface area contributed by atoms with E-state index >= 15 is 0 Å². The number of ketones is 1. The Morgan fingerprint density at radius 2 is 2.27 bits per heavy atom. The minimum Gasteiger partial charge on any atom is -0.371 e. The molecule has 1 fully saturated rings. The summed E-state index contributed by atoms with van der Waals surface area (Å²) in [6, 6.07) is 0. The molecule has 2 atom stereocenters. The molecule has 0 spiro atoms. The van der Waals surface area contributed by atoms with Gasteiger partial charge in [-0.15, -0.1) is 0 Å². The first-order valence-electron chi connectivity index (χ1n) is 3.96. The SMILES string of the molecule is CC(=O)/C=C1/CC(C)OC1C. The van der Waals surface area contributed by atoms with E-state index in [0.717, 1.165) is 12.0 Å². The quantitative estimate of drug-likeness (QED) is 0.537. The van der Waals surface area contributed by atoms with Crippen LogP contribution in [0.2, 0.25) is 0 Å². The van der Waals surface area contributed by atoms with Crippen molar-refractivity contribution >= 4 is 5.78 Å². The molecule has 0 amide bonds. The molecule has 0 bridgehead atoms. The van der Waals surface area contributed by atoms with E-state index in [2.05, 4.69) is 0 Å². The van der Waals surface area contributed by atoms with Crippen LogP contribution in [-0.4, -0.2) is 18.0 Å². The zero-order valence-electron chi connectivity index (χ0n) is 7.26. The largest absolute Gasteiger partial charge is 0.371 e. The highest BCUT2D eigenvalue weighted by molar-refractivity contribution is 5.88. The summed E-state index contributed by atoms with van der Waals surface area (Å²) in [6.07, 6.45) is 3.00. The molecule has 0 radical (unpaired) electrons. The summed E-state index contributed by atoms with van der Waals surface area (Å²) in [5.41, 5.74) is 1.13. The second-order valence-electron chi connectivity index (χ2n) is 3.12. The van der Waals surface area contributed by atoms with Crippen LogP contribution in [0.3, 0.4) is 0 Å². The van der Waals surface area contributed by atoms with E-state index in [1.54, 1.807) is 13.0 Å². The molecule has 2 heteroatoms. The van der Waals surface area contributed by atoms with Gasteiger partial charge in [0.25, 0.3) is 0 Å². The maximum Gasteiger partial charge on any atom is 0.152 e. The van der Waals surface area contributed by atoms with Crippen molar-refractivity contribution in [3.63, 3.8) is 0 Å². The van der Waals surface area contributed by atoms with Crippen LogP contribution in [0, 0.1) is 0 Å². The molecule has 0 aliphatic carbocycles. The molecule has 0 aromatic heterocycles. The van der Waals surface area contributed by atoms with Gasteiger partial charge in [-0.2, -0.15) is 0 Å². The maximum absolute atomic E-state index is 10.7. The number of allylic oxidation sites excluding steroid dienone is 1. The van der Waals surface area contributed by atoms with E-state index in [-0.39, 0.29) is 18.0 Å². The van der Waals surface area contributed by atoms with Crippen LogP contribution in [0.5, 0.6) is 0 Å². The van der Waals surface area contributed by atoms with Crippen LogP contribution < -0.4 is 0 Å². The molecule has 2 unspecified atom stereocenters. The highest BCUT2D eigenvalue weighted by Crippen LogP contribution is 2.24. The molecule has 0 aromatic rings. The maximum atomic E-state index is 10.7. The number of rotatable bonds is 1. The third kappa shape index (κ3) is 2.15. The molecular formula is C9H14O2. The summed E-state index contributed by atoms with van der Waals surface area (Å²) in [5, 5.41) is 0. The van der Waals surface area contributed by atoms with Gasteiger partial charge in [0.1, 0.15) is 0 Å². The van der Waals surface area contributed by atoms with E-state index in [1.165, 1.54) is 0 Å². The molecule has 0 saturated carbocycles. The van der Waals surface area contributed by atoms with Gasteiger partial charge in [0.15, 0.2) is 5.78 Å². The van der Waals surface area contributed by atoms with E-state index in [9.17, 15) is 4.79 Å². The van der Waals surface area contributed by atoms with Crippen LogP contribution in [0.25, 0.3) is 0 Å². The Hall–Kier alpha value is -0.630. The van der Waals surface area contributed by atoms with Gasteiger partial charge < -0.3 is 4.74 Å². The molecule has 1 aliphatic rings. The van der Waals surface area contributed by atoms with Gasteiger partial charge in [-0.25, -0.2) is 0 Å². The number of hydrogen-bond donors (Lipinski definition) is 0. The zero-order valence-corrected chi connectivity index (χ0v) is 7.26. The van der Waals surface area contributed by atoms with Crippen molar-refractivity contribution in [2.75, 3.05) is 0 Å². The van der Waals surface area contributed by atoms with Gasteiger partial charge in [0, 0.05) is 0 Å². The fraction of sp³-hybridized carbons (Fsp3) is 0.667. The lowest BCUT2D eigenvalue weighted by atomic mass is 10.1. The predicted octanol–water partition coefficient (Wildman–Crippen LogP) is 1.70. The first-order chi connectivity index (χ1) is 5.09. The highest BCUT2D eigenvalue weighted by atomic mass is 16.5. The summed E-state index contributed by atoms with van der Waals surface area (Å²) in [4.78, 5) is 10.7. The fourth-order valence-corrected chi connectivity index (χ4v) is 1.42. The second kappa shape index (κ2) is 3.18. The van der Waals surface area contributed by atoms with E-state index in [1.807, 2.05) is 13.8 Å². The molecule has 1 saturated heterocycles. The minimum atomic E-state index is 0.115. The third-order valence-corrected chi connectivity index (χ3v) is 1.87. The van der Waals surface area contributed by atoms with E-state index < -0.39 is 0 Å². The summed E-state index contributed by atoms with van der Waals surface area (Å²) < 4.78 is 5.45. The predicted molar refractivity (Wildman–Crippen MR) is 43.4 cm³/mol. The first-order valence-corrected chi connectivity index (χ1v) is 3.96. The molecule has 0 aromatic carbocycles. The van der Waals surface area contributed by atoms with Crippen molar-refractivity contribution < 1.29 is 9.53 Å². The molecule has 11 heavy (non-hydrogen) atoms. The lowest BCUT2D eigenvalue weighted by Gasteiger charge is -2.03. The molecule has 0 N–H and O–H groups in total. The summed E-state index contributed by atoms with van der Waals surface area (Å²) in [5.74, 6) is 0.115. The van der Waals surface area contributed by atoms with Crippen molar-refractivity contribution in [1.82, 2.24) is 0 Å². The minimum absolute atomic E-state index is 0.115. The van der Waals surface area contributed by atoms with Crippen molar-refractivity contribution in [3.8, 4) is 0 Å². The fourth-order valence-electron chi connectivity index (χ4n) is 1.42. The van der Waals surface area contributed by atoms with E-state index in [0.29, 0.717) is 0 Å². The molecule has 62 valence electrons. The van der Waals surface area contributed by atoms with Gasteiger partial charge in [0.05, 0.1) is 12.2 Å². The molecule has 1 heterocycles. The Balaban J connectivity index is 2.66. The Morgan fingerprint density at radius 1 is 1.64 bits per heavy atom. The summed E-state index contributed by atoms with van der Waals surface area (Å²) in [7, 11) is 0. The van der Waals surface area contributed by atoms with Crippen LogP contribution in [0.4, 0.5) is 0 Å². The summed E-state index contributed by atoms with van der Waals surface area (Å²) >= 11 is 0. The van der Waals surface area contributed by atoms with Crippen molar-refractivity contribution in [2.45, 2.75) is 39.4 Å². The number of ether oxygens (including phenoxy) is 1. The standard InChI is InChI=1S/C9H14O2/c1-6(10)4-9-5-7(2)11-8(9)3/h4,7-8H,5H2,1-3H3/b9-4-. The van der Waals surface area contributed by atoms with E-state index in [4.69, 9.17) is 4.74 Å². The Bertz CT molecular complexity index is 194. The van der Waals surface area contributed by atoms with Gasteiger partial charge >= 0.3 is 0 Å². The molecule has 2 nitrogen and oxygen atoms in total. The zero-order chi connectivity index (χ0) is 8.43. The van der Waals surface area contributed by atoms with Crippen molar-refractivity contribution in [1.29, 1.82) is 0 Å². The van der Waals surface area contributed by atoms with Crippen molar-refractivity contribution in [3.05, 3.63) is 11.6 Å².